The van der Waals surface area contributed by atoms with E-state index in [2.05, 4.69) is 32.3 Å². The Morgan fingerprint density at radius 2 is 1.96 bits per heavy atom. The van der Waals surface area contributed by atoms with Crippen LogP contribution in [-0.2, 0) is 0 Å². The predicted octanol–water partition coefficient (Wildman–Crippen LogP) is 1.57. The van der Waals surface area contributed by atoms with Crippen LogP contribution < -0.4 is 10.6 Å². The Kier molecular flexibility index (Phi) is 5.41. The molecule has 3 fully saturated rings. The molecule has 4 rings (SSSR count). The molecule has 6 heteroatoms. The maximum absolute atomic E-state index is 5.95. The summed E-state index contributed by atoms with van der Waals surface area (Å²) in [5.74, 6) is 0.852. The van der Waals surface area contributed by atoms with E-state index >= 15 is 0 Å². The molecule has 2 unspecified atom stereocenters. The second-order valence-corrected chi connectivity index (χ2v) is 6.80. The molecule has 3 aliphatic heterocycles. The summed E-state index contributed by atoms with van der Waals surface area (Å²) < 4.78 is 0. The van der Waals surface area contributed by atoms with Crippen LogP contribution in [0, 0.1) is 0 Å². The van der Waals surface area contributed by atoms with Crippen molar-refractivity contribution in [3.8, 4) is 0 Å². The van der Waals surface area contributed by atoms with Crippen LogP contribution in [0.4, 0.5) is 0 Å². The van der Waals surface area contributed by atoms with Crippen molar-refractivity contribution in [2.24, 2.45) is 4.99 Å². The normalized spacial score (nSPS) is 28.5. The number of halogens is 1. The topological polar surface area (TPSA) is 42.9 Å². The summed E-state index contributed by atoms with van der Waals surface area (Å²) in [5, 5.41) is 7.69. The Morgan fingerprint density at radius 1 is 1.26 bits per heavy atom. The fourth-order valence-corrected chi connectivity index (χ4v) is 3.49. The average molecular weight is 336 g/mol. The Balaban J connectivity index is 1.51. The quantitative estimate of drug-likeness (QED) is 0.647. The molecular weight excluding hydrogens is 310 g/mol. The van der Waals surface area contributed by atoms with Crippen LogP contribution in [-0.4, -0.2) is 68.1 Å². The first-order valence-corrected chi connectivity index (χ1v) is 8.72. The van der Waals surface area contributed by atoms with Gasteiger partial charge in [0.2, 0.25) is 0 Å². The van der Waals surface area contributed by atoms with Crippen LogP contribution in [0.1, 0.15) is 18.5 Å². The number of rotatable bonds is 4. The molecule has 1 aromatic rings. The van der Waals surface area contributed by atoms with Crippen molar-refractivity contribution >= 4 is 17.6 Å². The third-order valence-corrected chi connectivity index (χ3v) is 5.10. The molecule has 0 aromatic heterocycles. The molecule has 0 amide bonds. The van der Waals surface area contributed by atoms with Gasteiger partial charge in [-0.25, -0.2) is 0 Å². The van der Waals surface area contributed by atoms with E-state index in [1.807, 2.05) is 31.3 Å². The van der Waals surface area contributed by atoms with E-state index in [1.54, 1.807) is 0 Å². The molecule has 5 nitrogen and oxygen atoms in total. The zero-order valence-electron chi connectivity index (χ0n) is 13.9. The minimum Gasteiger partial charge on any atom is -0.355 e. The number of fused-ring (bicyclic) bond motifs is 3. The fourth-order valence-electron chi connectivity index (χ4n) is 3.37. The molecule has 3 aliphatic rings. The van der Waals surface area contributed by atoms with Crippen LogP contribution in [0.15, 0.2) is 29.3 Å². The second-order valence-electron chi connectivity index (χ2n) is 6.36. The van der Waals surface area contributed by atoms with E-state index in [9.17, 15) is 0 Å². The molecule has 2 bridgehead atoms. The van der Waals surface area contributed by atoms with Gasteiger partial charge >= 0.3 is 0 Å². The zero-order valence-corrected chi connectivity index (χ0v) is 14.7. The molecule has 0 saturated carbocycles. The minimum atomic E-state index is 0.185. The number of nitrogens with one attached hydrogen (secondary N) is 2. The van der Waals surface area contributed by atoms with Crippen LogP contribution >= 0.6 is 11.6 Å². The summed E-state index contributed by atoms with van der Waals surface area (Å²) in [6.07, 6.45) is 0. The van der Waals surface area contributed by atoms with E-state index in [1.165, 1.54) is 31.7 Å². The van der Waals surface area contributed by atoms with Crippen molar-refractivity contribution < 1.29 is 0 Å². The fraction of sp³-hybridized carbons (Fsp3) is 0.588. The number of hydrogen-bond donors (Lipinski definition) is 2. The van der Waals surface area contributed by atoms with Crippen LogP contribution in [0.25, 0.3) is 0 Å². The van der Waals surface area contributed by atoms with E-state index in [4.69, 9.17) is 11.6 Å². The van der Waals surface area contributed by atoms with E-state index in [-0.39, 0.29) is 6.04 Å². The molecular formula is C17H26ClN5. The Bertz CT molecular complexity index is 536. The van der Waals surface area contributed by atoms with Crippen molar-refractivity contribution in [1.29, 1.82) is 0 Å². The first-order chi connectivity index (χ1) is 11.2. The molecule has 23 heavy (non-hydrogen) atoms. The lowest BCUT2D eigenvalue weighted by molar-refractivity contribution is 0.0154. The van der Waals surface area contributed by atoms with Crippen molar-refractivity contribution in [3.05, 3.63) is 34.9 Å². The molecule has 0 aliphatic carbocycles. The van der Waals surface area contributed by atoms with Gasteiger partial charge in [0.25, 0.3) is 0 Å². The lowest BCUT2D eigenvalue weighted by Gasteiger charge is -2.47. The smallest absolute Gasteiger partial charge is 0.191 e. The monoisotopic (exact) mass is 335 g/mol. The minimum absolute atomic E-state index is 0.185. The molecule has 2 N–H and O–H groups in total. The molecule has 1 aromatic carbocycles. The van der Waals surface area contributed by atoms with Gasteiger partial charge < -0.3 is 10.6 Å². The van der Waals surface area contributed by atoms with Crippen molar-refractivity contribution in [2.45, 2.75) is 19.0 Å². The highest BCUT2D eigenvalue weighted by molar-refractivity contribution is 6.30. The molecule has 3 saturated heterocycles. The highest BCUT2D eigenvalue weighted by Gasteiger charge is 2.31. The van der Waals surface area contributed by atoms with E-state index in [0.717, 1.165) is 24.1 Å². The molecule has 2 atom stereocenters. The number of hydrogen-bond acceptors (Lipinski definition) is 3. The van der Waals surface area contributed by atoms with E-state index in [0.29, 0.717) is 6.04 Å². The third kappa shape index (κ3) is 4.16. The van der Waals surface area contributed by atoms with Gasteiger partial charge in [-0.15, -0.1) is 0 Å². The Morgan fingerprint density at radius 3 is 2.52 bits per heavy atom. The molecule has 0 radical (unpaired) electrons. The SMILES string of the molecule is CN=C(NCC1CN2CCN1CC2)NC(C)c1ccc(Cl)cc1. The van der Waals surface area contributed by atoms with Crippen LogP contribution in [0.5, 0.6) is 0 Å². The van der Waals surface area contributed by atoms with Gasteiger partial charge in [-0.2, -0.15) is 0 Å². The van der Waals surface area contributed by atoms with Crippen molar-refractivity contribution in [2.75, 3.05) is 46.3 Å². The largest absolute Gasteiger partial charge is 0.355 e. The lowest BCUT2D eigenvalue weighted by atomic mass is 10.1. The third-order valence-electron chi connectivity index (χ3n) is 4.84. The maximum Gasteiger partial charge on any atom is 0.191 e. The van der Waals surface area contributed by atoms with Gasteiger partial charge in [0.15, 0.2) is 5.96 Å². The standard InChI is InChI=1S/C17H26ClN5/c1-13(14-3-5-15(18)6-4-14)21-17(19-2)20-11-16-12-22-7-9-23(16)10-8-22/h3-6,13,16H,7-12H2,1-2H3,(H2,19,20,21). The Hall–Kier alpha value is -1.30. The summed E-state index contributed by atoms with van der Waals surface area (Å²) >= 11 is 5.95. The van der Waals surface area contributed by atoms with Gasteiger partial charge in [-0.05, 0) is 24.6 Å². The van der Waals surface area contributed by atoms with E-state index < -0.39 is 0 Å². The second kappa shape index (κ2) is 7.51. The Labute approximate surface area is 143 Å². The lowest BCUT2D eigenvalue weighted by Crippen LogP contribution is -2.63. The van der Waals surface area contributed by atoms with Gasteiger partial charge in [0, 0.05) is 57.4 Å². The zero-order chi connectivity index (χ0) is 16.2. The van der Waals surface area contributed by atoms with Crippen LogP contribution in [0.2, 0.25) is 5.02 Å². The number of aliphatic imine (C=N–C) groups is 1. The van der Waals surface area contributed by atoms with Gasteiger partial charge in [0.1, 0.15) is 0 Å². The van der Waals surface area contributed by atoms with Crippen molar-refractivity contribution in [1.82, 2.24) is 20.4 Å². The highest BCUT2D eigenvalue weighted by Crippen LogP contribution is 2.16. The number of benzene rings is 1. The number of guanidine groups is 1. The number of piperazine rings is 3. The summed E-state index contributed by atoms with van der Waals surface area (Å²) in [7, 11) is 1.82. The van der Waals surface area contributed by atoms with Gasteiger partial charge in [0.05, 0.1) is 6.04 Å². The van der Waals surface area contributed by atoms with Gasteiger partial charge in [-0.1, -0.05) is 23.7 Å². The first-order valence-electron chi connectivity index (χ1n) is 8.35. The first kappa shape index (κ1) is 16.6. The predicted molar refractivity (Wildman–Crippen MR) is 96.2 cm³/mol. The number of nitrogens with zero attached hydrogens (tertiary/aromatic N) is 3. The molecule has 126 valence electrons. The van der Waals surface area contributed by atoms with Crippen LogP contribution in [0.3, 0.4) is 0 Å². The summed E-state index contributed by atoms with van der Waals surface area (Å²) in [6, 6.07) is 8.71. The average Bonchev–Trinajstić information content (AvgIpc) is 2.60. The summed E-state index contributed by atoms with van der Waals surface area (Å²) in [4.78, 5) is 9.49. The summed E-state index contributed by atoms with van der Waals surface area (Å²) in [6.45, 7) is 9.06. The maximum atomic E-state index is 5.95. The molecule has 0 spiro atoms. The molecule has 3 heterocycles. The highest BCUT2D eigenvalue weighted by atomic mass is 35.5. The van der Waals surface area contributed by atoms with Crippen molar-refractivity contribution in [3.63, 3.8) is 0 Å². The summed E-state index contributed by atoms with van der Waals surface area (Å²) in [5.41, 5.74) is 1.20. The van der Waals surface area contributed by atoms with Gasteiger partial charge in [-0.3, -0.25) is 14.8 Å².